The van der Waals surface area contributed by atoms with Crippen molar-refractivity contribution < 1.29 is 0 Å². The highest BCUT2D eigenvalue weighted by Crippen LogP contribution is 2.35. The first-order chi connectivity index (χ1) is 24.8. The molecule has 0 aliphatic carbocycles. The monoisotopic (exact) mass is 638 g/mol. The van der Waals surface area contributed by atoms with Crippen molar-refractivity contribution in [3.8, 4) is 22.7 Å². The zero-order chi connectivity index (χ0) is 32.8. The molecule has 7 aromatic carbocycles. The van der Waals surface area contributed by atoms with Gasteiger partial charge in [-0.3, -0.25) is 0 Å². The Balaban J connectivity index is 0.955. The van der Waals surface area contributed by atoms with Crippen LogP contribution in [-0.4, -0.2) is 18.3 Å². The number of rotatable bonds is 4. The van der Waals surface area contributed by atoms with Crippen LogP contribution in [-0.2, 0) is 0 Å². The first kappa shape index (κ1) is 27.2. The Labute approximate surface area is 287 Å². The Bertz CT molecular complexity index is 2760. The van der Waals surface area contributed by atoms with Crippen LogP contribution >= 0.6 is 0 Å². The molecule has 0 N–H and O–H groups in total. The molecular weight excluding hydrogens is 609 g/mol. The summed E-state index contributed by atoms with van der Waals surface area (Å²) in [4.78, 5) is 0. The molecule has 11 rings (SSSR count). The molecule has 4 aromatic heterocycles. The normalized spacial score (nSPS) is 12.0. The molecule has 4 nitrogen and oxygen atoms in total. The SMILES string of the molecule is c1ccc2c(c1)c1ccccc1n2-c1ccc(-n2ccc3cc4c(ccn4-c4ccc(-n5c6ccccc6c6ccccc65)cc4)cc32)cc1. The Morgan fingerprint density at radius 1 is 0.260 bits per heavy atom. The molecule has 50 heavy (non-hydrogen) atoms. The fourth-order valence-corrected chi connectivity index (χ4v) is 8.14. The third-order valence-electron chi connectivity index (χ3n) is 10.4. The van der Waals surface area contributed by atoms with Gasteiger partial charge in [0, 0.05) is 67.5 Å². The predicted octanol–water partition coefficient (Wildman–Crippen LogP) is 11.8. The number of hydrogen-bond donors (Lipinski definition) is 0. The van der Waals surface area contributed by atoms with Crippen LogP contribution in [0.15, 0.2) is 182 Å². The summed E-state index contributed by atoms with van der Waals surface area (Å²) in [5, 5.41) is 7.53. The van der Waals surface area contributed by atoms with Crippen molar-refractivity contribution >= 4 is 65.4 Å². The van der Waals surface area contributed by atoms with Crippen molar-refractivity contribution in [2.24, 2.45) is 0 Å². The fourth-order valence-electron chi connectivity index (χ4n) is 8.14. The van der Waals surface area contributed by atoms with Crippen LogP contribution in [0.3, 0.4) is 0 Å². The van der Waals surface area contributed by atoms with Gasteiger partial charge in [0.1, 0.15) is 0 Å². The van der Waals surface area contributed by atoms with Gasteiger partial charge in [0.25, 0.3) is 0 Å². The molecule has 4 heterocycles. The minimum absolute atomic E-state index is 1.14. The first-order valence-electron chi connectivity index (χ1n) is 17.1. The molecule has 0 spiro atoms. The van der Waals surface area contributed by atoms with Crippen molar-refractivity contribution in [1.82, 2.24) is 18.3 Å². The van der Waals surface area contributed by atoms with Crippen LogP contribution in [0.2, 0.25) is 0 Å². The summed E-state index contributed by atoms with van der Waals surface area (Å²) in [5.74, 6) is 0. The quantitative estimate of drug-likeness (QED) is 0.183. The van der Waals surface area contributed by atoms with Gasteiger partial charge in [0.15, 0.2) is 0 Å². The van der Waals surface area contributed by atoms with Gasteiger partial charge < -0.3 is 18.3 Å². The number of fused-ring (bicyclic) bond motifs is 8. The molecule has 0 saturated heterocycles. The lowest BCUT2D eigenvalue weighted by atomic mass is 10.2. The second-order valence-corrected chi connectivity index (χ2v) is 13.1. The van der Waals surface area contributed by atoms with E-state index >= 15 is 0 Å². The highest BCUT2D eigenvalue weighted by atomic mass is 15.0. The van der Waals surface area contributed by atoms with Crippen molar-refractivity contribution in [2.75, 3.05) is 0 Å². The van der Waals surface area contributed by atoms with Gasteiger partial charge in [-0.25, -0.2) is 0 Å². The molecule has 0 aliphatic rings. The summed E-state index contributed by atoms with van der Waals surface area (Å²) in [5.41, 5.74) is 11.9. The van der Waals surface area contributed by atoms with Gasteiger partial charge in [0.2, 0.25) is 0 Å². The van der Waals surface area contributed by atoms with E-state index in [1.165, 1.54) is 65.4 Å². The first-order valence-corrected chi connectivity index (χ1v) is 17.1. The van der Waals surface area contributed by atoms with Crippen molar-refractivity contribution in [3.63, 3.8) is 0 Å². The Hall–Kier alpha value is -6.78. The molecule has 234 valence electrons. The average Bonchev–Trinajstić information content (AvgIpc) is 3.95. The van der Waals surface area contributed by atoms with Crippen LogP contribution < -0.4 is 0 Å². The van der Waals surface area contributed by atoms with Crippen LogP contribution in [0.25, 0.3) is 88.2 Å². The van der Waals surface area contributed by atoms with Crippen LogP contribution in [0.1, 0.15) is 0 Å². The zero-order valence-corrected chi connectivity index (χ0v) is 27.1. The minimum Gasteiger partial charge on any atom is -0.317 e. The van der Waals surface area contributed by atoms with E-state index in [1.54, 1.807) is 0 Å². The molecule has 0 aliphatic heterocycles. The summed E-state index contributed by atoms with van der Waals surface area (Å²) < 4.78 is 9.32. The third-order valence-corrected chi connectivity index (χ3v) is 10.4. The maximum atomic E-state index is 2.37. The molecule has 0 bridgehead atoms. The average molecular weight is 639 g/mol. The number of para-hydroxylation sites is 4. The lowest BCUT2D eigenvalue weighted by Gasteiger charge is -2.12. The largest absolute Gasteiger partial charge is 0.317 e. The van der Waals surface area contributed by atoms with E-state index in [0.717, 1.165) is 22.7 Å². The van der Waals surface area contributed by atoms with Gasteiger partial charge in [-0.05, 0) is 97.1 Å². The van der Waals surface area contributed by atoms with Gasteiger partial charge in [-0.15, -0.1) is 0 Å². The molecule has 0 amide bonds. The number of aromatic nitrogens is 4. The number of nitrogens with zero attached hydrogens (tertiary/aromatic N) is 4. The second-order valence-electron chi connectivity index (χ2n) is 13.1. The van der Waals surface area contributed by atoms with E-state index < -0.39 is 0 Å². The van der Waals surface area contributed by atoms with Crippen molar-refractivity contribution in [3.05, 3.63) is 182 Å². The van der Waals surface area contributed by atoms with E-state index in [0.29, 0.717) is 0 Å². The molecule has 11 aromatic rings. The Morgan fingerprint density at radius 3 is 0.900 bits per heavy atom. The molecule has 0 atom stereocenters. The predicted molar refractivity (Wildman–Crippen MR) is 209 cm³/mol. The fraction of sp³-hybridized carbons (Fsp3) is 0. The van der Waals surface area contributed by atoms with Crippen LogP contribution in [0, 0.1) is 0 Å². The lowest BCUT2D eigenvalue weighted by molar-refractivity contribution is 1.11. The molecule has 4 heteroatoms. The van der Waals surface area contributed by atoms with E-state index in [2.05, 4.69) is 201 Å². The van der Waals surface area contributed by atoms with E-state index in [-0.39, 0.29) is 0 Å². The zero-order valence-electron chi connectivity index (χ0n) is 27.1. The minimum atomic E-state index is 1.14. The standard InChI is InChI=1S/C46H30N4/c1-5-13-41-37(9-1)38-10-2-6-14-42(38)49(41)35-21-17-33(18-22-35)47-27-25-31-30-46-32(29-45(31)47)26-28-48(46)34-19-23-36(24-20-34)50-43-15-7-3-11-39(43)40-12-4-8-16-44(40)50/h1-30H. The van der Waals surface area contributed by atoms with Gasteiger partial charge in [0.05, 0.1) is 33.1 Å². The van der Waals surface area contributed by atoms with Gasteiger partial charge >= 0.3 is 0 Å². The van der Waals surface area contributed by atoms with Crippen molar-refractivity contribution in [1.29, 1.82) is 0 Å². The molecule has 0 fully saturated rings. The van der Waals surface area contributed by atoms with Crippen LogP contribution in [0.5, 0.6) is 0 Å². The summed E-state index contributed by atoms with van der Waals surface area (Å²) in [6.07, 6.45) is 4.37. The van der Waals surface area contributed by atoms with Crippen LogP contribution in [0.4, 0.5) is 0 Å². The summed E-state index contributed by atoms with van der Waals surface area (Å²) in [7, 11) is 0. The third kappa shape index (κ3) is 3.87. The molecule has 0 saturated carbocycles. The smallest absolute Gasteiger partial charge is 0.0541 e. The highest BCUT2D eigenvalue weighted by molar-refractivity contribution is 6.10. The second kappa shape index (κ2) is 10.4. The summed E-state index contributed by atoms with van der Waals surface area (Å²) >= 11 is 0. The maximum absolute atomic E-state index is 2.37. The van der Waals surface area contributed by atoms with E-state index in [9.17, 15) is 0 Å². The molecule has 0 unspecified atom stereocenters. The van der Waals surface area contributed by atoms with Gasteiger partial charge in [-0.1, -0.05) is 72.8 Å². The Kier molecular flexibility index (Phi) is 5.63. The number of hydrogen-bond acceptors (Lipinski definition) is 0. The molecular formula is C46H30N4. The van der Waals surface area contributed by atoms with Gasteiger partial charge in [-0.2, -0.15) is 0 Å². The van der Waals surface area contributed by atoms with E-state index in [1.807, 2.05) is 0 Å². The molecule has 0 radical (unpaired) electrons. The number of benzene rings is 7. The Morgan fingerprint density at radius 2 is 0.560 bits per heavy atom. The van der Waals surface area contributed by atoms with Crippen molar-refractivity contribution in [2.45, 2.75) is 0 Å². The lowest BCUT2D eigenvalue weighted by Crippen LogP contribution is -1.97. The topological polar surface area (TPSA) is 19.7 Å². The van der Waals surface area contributed by atoms with E-state index in [4.69, 9.17) is 0 Å². The summed E-state index contributed by atoms with van der Waals surface area (Å²) in [6, 6.07) is 61.6. The highest BCUT2D eigenvalue weighted by Gasteiger charge is 2.14. The summed E-state index contributed by atoms with van der Waals surface area (Å²) in [6.45, 7) is 0. The maximum Gasteiger partial charge on any atom is 0.0541 e.